The number of hydrogen-bond acceptors (Lipinski definition) is 4. The van der Waals surface area contributed by atoms with Crippen molar-refractivity contribution in [2.24, 2.45) is 0 Å². The van der Waals surface area contributed by atoms with E-state index in [1.807, 2.05) is 24.3 Å². The van der Waals surface area contributed by atoms with E-state index < -0.39 is 10.0 Å². The molecular formula is C20H26N2O4S. The number of carbonyl (C=O) groups excluding carboxylic acids is 1. The molecule has 0 aliphatic heterocycles. The summed E-state index contributed by atoms with van der Waals surface area (Å²) < 4.78 is 30.7. The van der Waals surface area contributed by atoms with Crippen molar-refractivity contribution < 1.29 is 17.9 Å². The van der Waals surface area contributed by atoms with Gasteiger partial charge in [-0.05, 0) is 54.3 Å². The van der Waals surface area contributed by atoms with Crippen LogP contribution in [0.5, 0.6) is 5.75 Å². The molecule has 2 rings (SSSR count). The minimum Gasteiger partial charge on any atom is -0.484 e. The third-order valence-corrected chi connectivity index (χ3v) is 6.18. The molecular weight excluding hydrogens is 364 g/mol. The van der Waals surface area contributed by atoms with Gasteiger partial charge in [-0.15, -0.1) is 0 Å². The van der Waals surface area contributed by atoms with Crippen LogP contribution in [0.1, 0.15) is 31.7 Å². The van der Waals surface area contributed by atoms with Crippen molar-refractivity contribution in [2.75, 3.05) is 26.0 Å². The lowest BCUT2D eigenvalue weighted by molar-refractivity contribution is -0.118. The highest BCUT2D eigenvalue weighted by Crippen LogP contribution is 2.21. The van der Waals surface area contributed by atoms with Gasteiger partial charge in [-0.3, -0.25) is 4.79 Å². The van der Waals surface area contributed by atoms with Crippen LogP contribution in [0.3, 0.4) is 0 Å². The fourth-order valence-electron chi connectivity index (χ4n) is 2.40. The van der Waals surface area contributed by atoms with Crippen LogP contribution in [0.25, 0.3) is 0 Å². The lowest BCUT2D eigenvalue weighted by Crippen LogP contribution is -2.22. The summed E-state index contributed by atoms with van der Waals surface area (Å²) in [5, 5.41) is 2.69. The number of nitrogens with one attached hydrogen (secondary N) is 1. The molecule has 0 fully saturated rings. The van der Waals surface area contributed by atoms with Crippen molar-refractivity contribution in [2.45, 2.75) is 31.1 Å². The van der Waals surface area contributed by atoms with Crippen LogP contribution in [-0.2, 0) is 14.8 Å². The maximum atomic E-state index is 12.0. The topological polar surface area (TPSA) is 75.7 Å². The molecule has 0 aliphatic rings. The number of nitrogens with zero attached hydrogens (tertiary/aromatic N) is 1. The van der Waals surface area contributed by atoms with Gasteiger partial charge in [-0.25, -0.2) is 12.7 Å². The number of amides is 1. The first kappa shape index (κ1) is 20.9. The minimum atomic E-state index is -3.48. The number of sulfonamides is 1. The Morgan fingerprint density at radius 3 is 2.19 bits per heavy atom. The number of carbonyl (C=O) groups is 1. The number of benzene rings is 2. The minimum absolute atomic E-state index is 0.125. The second-order valence-electron chi connectivity index (χ2n) is 6.53. The van der Waals surface area contributed by atoms with E-state index in [0.29, 0.717) is 17.4 Å². The molecule has 0 aromatic heterocycles. The zero-order valence-electron chi connectivity index (χ0n) is 16.1. The molecule has 7 heteroatoms. The Kier molecular flexibility index (Phi) is 6.98. The third-order valence-electron chi connectivity index (χ3n) is 4.35. The second-order valence-corrected chi connectivity index (χ2v) is 8.68. The second kappa shape index (κ2) is 9.01. The molecule has 0 aliphatic carbocycles. The maximum absolute atomic E-state index is 12.0. The first-order valence-corrected chi connectivity index (χ1v) is 10.2. The molecule has 0 spiro atoms. The van der Waals surface area contributed by atoms with Crippen LogP contribution < -0.4 is 10.1 Å². The van der Waals surface area contributed by atoms with E-state index in [-0.39, 0.29) is 17.4 Å². The average molecular weight is 391 g/mol. The van der Waals surface area contributed by atoms with Gasteiger partial charge in [0.05, 0.1) is 4.90 Å². The molecule has 1 amide bonds. The molecule has 0 saturated carbocycles. The number of anilines is 1. The normalized spacial score (nSPS) is 12.6. The van der Waals surface area contributed by atoms with Crippen LogP contribution in [0.2, 0.25) is 0 Å². The Labute approximate surface area is 161 Å². The molecule has 27 heavy (non-hydrogen) atoms. The molecule has 146 valence electrons. The fraction of sp³-hybridized carbons (Fsp3) is 0.350. The molecule has 0 heterocycles. The molecule has 0 radical (unpaired) electrons. The standard InChI is InChI=1S/C20H26N2O4S/c1-5-15(2)16-6-10-18(11-7-16)26-14-20(23)21-17-8-12-19(13-9-17)27(24,25)22(3)4/h6-13,15H,5,14H2,1-4H3,(H,21,23). The maximum Gasteiger partial charge on any atom is 0.262 e. The Morgan fingerprint density at radius 2 is 1.67 bits per heavy atom. The molecule has 1 unspecified atom stereocenters. The van der Waals surface area contributed by atoms with Crippen molar-refractivity contribution in [3.63, 3.8) is 0 Å². The summed E-state index contributed by atoms with van der Waals surface area (Å²) in [5.41, 5.74) is 1.75. The average Bonchev–Trinajstić information content (AvgIpc) is 2.66. The van der Waals surface area contributed by atoms with Gasteiger partial charge in [0.15, 0.2) is 6.61 Å². The van der Waals surface area contributed by atoms with Gasteiger partial charge >= 0.3 is 0 Å². The van der Waals surface area contributed by atoms with Crippen molar-refractivity contribution in [3.05, 3.63) is 54.1 Å². The van der Waals surface area contributed by atoms with E-state index in [1.165, 1.54) is 31.8 Å². The van der Waals surface area contributed by atoms with Gasteiger partial charge in [-0.1, -0.05) is 26.0 Å². The Hall–Kier alpha value is -2.38. The number of ether oxygens (including phenoxy) is 1. The Morgan fingerprint density at radius 1 is 1.07 bits per heavy atom. The monoisotopic (exact) mass is 390 g/mol. The molecule has 1 atom stereocenters. The van der Waals surface area contributed by atoms with E-state index in [0.717, 1.165) is 10.7 Å². The highest BCUT2D eigenvalue weighted by molar-refractivity contribution is 7.89. The highest BCUT2D eigenvalue weighted by atomic mass is 32.2. The lowest BCUT2D eigenvalue weighted by atomic mass is 9.99. The Balaban J connectivity index is 1.90. The predicted molar refractivity (Wildman–Crippen MR) is 107 cm³/mol. The summed E-state index contributed by atoms with van der Waals surface area (Å²) in [6.45, 7) is 4.18. The van der Waals surface area contributed by atoms with Gasteiger partial charge in [0.2, 0.25) is 10.0 Å². The molecule has 2 aromatic carbocycles. The number of hydrogen-bond donors (Lipinski definition) is 1. The highest BCUT2D eigenvalue weighted by Gasteiger charge is 2.16. The van der Waals surface area contributed by atoms with Crippen molar-refractivity contribution in [3.8, 4) is 5.75 Å². The summed E-state index contributed by atoms with van der Waals surface area (Å²) in [5.74, 6) is 0.801. The summed E-state index contributed by atoms with van der Waals surface area (Å²) in [4.78, 5) is 12.2. The van der Waals surface area contributed by atoms with E-state index in [4.69, 9.17) is 4.74 Å². The smallest absolute Gasteiger partial charge is 0.262 e. The van der Waals surface area contributed by atoms with Gasteiger partial charge < -0.3 is 10.1 Å². The quantitative estimate of drug-likeness (QED) is 0.749. The van der Waals surface area contributed by atoms with Crippen LogP contribution in [-0.4, -0.2) is 39.3 Å². The van der Waals surface area contributed by atoms with E-state index in [2.05, 4.69) is 19.2 Å². The molecule has 2 aromatic rings. The van der Waals surface area contributed by atoms with Gasteiger partial charge in [0.25, 0.3) is 5.91 Å². The van der Waals surface area contributed by atoms with Gasteiger partial charge in [0, 0.05) is 19.8 Å². The zero-order chi connectivity index (χ0) is 20.0. The van der Waals surface area contributed by atoms with Gasteiger partial charge in [-0.2, -0.15) is 0 Å². The van der Waals surface area contributed by atoms with E-state index in [9.17, 15) is 13.2 Å². The fourth-order valence-corrected chi connectivity index (χ4v) is 3.30. The molecule has 0 saturated heterocycles. The van der Waals surface area contributed by atoms with Crippen molar-refractivity contribution in [1.29, 1.82) is 0 Å². The van der Waals surface area contributed by atoms with Gasteiger partial charge in [0.1, 0.15) is 5.75 Å². The van der Waals surface area contributed by atoms with E-state index in [1.54, 1.807) is 12.1 Å². The van der Waals surface area contributed by atoms with Crippen molar-refractivity contribution in [1.82, 2.24) is 4.31 Å². The van der Waals surface area contributed by atoms with E-state index >= 15 is 0 Å². The predicted octanol–water partition coefficient (Wildman–Crippen LogP) is 3.47. The summed E-state index contributed by atoms with van der Waals surface area (Å²) in [6.07, 6.45) is 1.07. The Bertz CT molecular complexity index is 860. The zero-order valence-corrected chi connectivity index (χ0v) is 16.9. The summed E-state index contributed by atoms with van der Waals surface area (Å²) >= 11 is 0. The van der Waals surface area contributed by atoms with Crippen molar-refractivity contribution >= 4 is 21.6 Å². The first-order valence-electron chi connectivity index (χ1n) is 8.79. The number of rotatable bonds is 8. The molecule has 6 nitrogen and oxygen atoms in total. The third kappa shape index (κ3) is 5.55. The van der Waals surface area contributed by atoms with Crippen LogP contribution >= 0.6 is 0 Å². The summed E-state index contributed by atoms with van der Waals surface area (Å²) in [6, 6.07) is 13.7. The molecule has 1 N–H and O–H groups in total. The lowest BCUT2D eigenvalue weighted by Gasteiger charge is -2.12. The first-order chi connectivity index (χ1) is 12.7. The SMILES string of the molecule is CCC(C)c1ccc(OCC(=O)Nc2ccc(S(=O)(=O)N(C)C)cc2)cc1. The van der Waals surface area contributed by atoms with Crippen LogP contribution in [0, 0.1) is 0 Å². The van der Waals surface area contributed by atoms with Crippen LogP contribution in [0.15, 0.2) is 53.4 Å². The largest absolute Gasteiger partial charge is 0.484 e. The summed E-state index contributed by atoms with van der Waals surface area (Å²) in [7, 11) is -0.544. The van der Waals surface area contributed by atoms with Crippen LogP contribution in [0.4, 0.5) is 5.69 Å². The molecule has 0 bridgehead atoms.